The molecule has 0 saturated carbocycles. The van der Waals surface area contributed by atoms with Crippen LogP contribution in [0.4, 0.5) is 4.79 Å². The Morgan fingerprint density at radius 3 is 2.50 bits per heavy atom. The number of carbonyl (C=O) groups is 3. The van der Waals surface area contributed by atoms with Crippen molar-refractivity contribution in [3.63, 3.8) is 0 Å². The first-order valence-corrected chi connectivity index (χ1v) is 5.75. The summed E-state index contributed by atoms with van der Waals surface area (Å²) in [6.45, 7) is -0.644. The number of ether oxygens (including phenoxy) is 1. The van der Waals surface area contributed by atoms with Gasteiger partial charge in [0.05, 0.1) is 6.54 Å². The number of amides is 2. The second-order valence-electron chi connectivity index (χ2n) is 3.62. The van der Waals surface area contributed by atoms with Gasteiger partial charge in [-0.05, 0) is 5.56 Å². The molecule has 0 atom stereocenters. The Morgan fingerprint density at radius 2 is 1.85 bits per heavy atom. The van der Waals surface area contributed by atoms with Gasteiger partial charge < -0.3 is 20.6 Å². The van der Waals surface area contributed by atoms with E-state index in [2.05, 4.69) is 10.2 Å². The fourth-order valence-corrected chi connectivity index (χ4v) is 1.12. The second-order valence-corrected chi connectivity index (χ2v) is 3.62. The molecule has 0 aliphatic carbocycles. The lowest BCUT2D eigenvalue weighted by molar-refractivity contribution is -0.156. The van der Waals surface area contributed by atoms with Crippen LogP contribution in [0.25, 0.3) is 0 Å². The van der Waals surface area contributed by atoms with Gasteiger partial charge in [0.1, 0.15) is 13.2 Å². The Kier molecular flexibility index (Phi) is 6.55. The van der Waals surface area contributed by atoms with Crippen molar-refractivity contribution in [2.24, 2.45) is 5.73 Å². The summed E-state index contributed by atoms with van der Waals surface area (Å²) < 4.78 is 4.87. The van der Waals surface area contributed by atoms with E-state index < -0.39 is 18.0 Å². The van der Waals surface area contributed by atoms with Crippen molar-refractivity contribution in [3.05, 3.63) is 35.9 Å². The van der Waals surface area contributed by atoms with Gasteiger partial charge in [-0.2, -0.15) is 5.48 Å². The van der Waals surface area contributed by atoms with Crippen LogP contribution in [-0.2, 0) is 25.8 Å². The molecule has 20 heavy (non-hydrogen) atoms. The van der Waals surface area contributed by atoms with E-state index in [0.717, 1.165) is 5.56 Å². The van der Waals surface area contributed by atoms with Crippen LogP contribution in [0.15, 0.2) is 30.3 Å². The first kappa shape index (κ1) is 15.4. The summed E-state index contributed by atoms with van der Waals surface area (Å²) in [5, 5.41) is 2.20. The number of carbonyl (C=O) groups excluding carboxylic acids is 3. The normalized spacial score (nSPS) is 9.45. The fourth-order valence-electron chi connectivity index (χ4n) is 1.12. The summed E-state index contributed by atoms with van der Waals surface area (Å²) in [6.07, 6.45) is -0.755. The largest absolute Gasteiger partial charge is 0.445 e. The van der Waals surface area contributed by atoms with E-state index in [4.69, 9.17) is 10.5 Å². The highest BCUT2D eigenvalue weighted by Gasteiger charge is 2.08. The highest BCUT2D eigenvalue weighted by molar-refractivity contribution is 5.82. The van der Waals surface area contributed by atoms with Crippen molar-refractivity contribution in [1.82, 2.24) is 10.8 Å². The lowest BCUT2D eigenvalue weighted by atomic mass is 10.2. The molecule has 0 bridgehead atoms. The van der Waals surface area contributed by atoms with Crippen molar-refractivity contribution in [2.75, 3.05) is 13.1 Å². The quantitative estimate of drug-likeness (QED) is 0.623. The maximum atomic E-state index is 11.3. The van der Waals surface area contributed by atoms with Crippen LogP contribution in [0.3, 0.4) is 0 Å². The van der Waals surface area contributed by atoms with Crippen molar-refractivity contribution < 1.29 is 24.0 Å². The summed E-state index contributed by atoms with van der Waals surface area (Å²) in [7, 11) is 0. The monoisotopic (exact) mass is 281 g/mol. The van der Waals surface area contributed by atoms with Crippen LogP contribution < -0.4 is 16.5 Å². The zero-order chi connectivity index (χ0) is 14.8. The molecule has 108 valence electrons. The van der Waals surface area contributed by atoms with Crippen LogP contribution in [0.5, 0.6) is 0 Å². The Balaban J connectivity index is 2.16. The smallest absolute Gasteiger partial charge is 0.407 e. The minimum Gasteiger partial charge on any atom is -0.445 e. The standard InChI is InChI=1S/C12H15N3O5/c13-6-11(17)20-15-10(16)7-14-12(18)19-8-9-4-2-1-3-5-9/h1-5H,6-8,13H2,(H,14,18)(H,15,16). The predicted molar refractivity (Wildman–Crippen MR) is 67.9 cm³/mol. The van der Waals surface area contributed by atoms with Gasteiger partial charge in [0.2, 0.25) is 0 Å². The molecule has 0 unspecified atom stereocenters. The molecular weight excluding hydrogens is 266 g/mol. The Labute approximate surface area is 115 Å². The second kappa shape index (κ2) is 8.48. The third-order valence-electron chi connectivity index (χ3n) is 2.05. The first-order valence-electron chi connectivity index (χ1n) is 5.75. The van der Waals surface area contributed by atoms with Crippen LogP contribution >= 0.6 is 0 Å². The van der Waals surface area contributed by atoms with E-state index >= 15 is 0 Å². The highest BCUT2D eigenvalue weighted by Crippen LogP contribution is 2.00. The summed E-state index contributed by atoms with van der Waals surface area (Å²) in [5.41, 5.74) is 7.61. The maximum absolute atomic E-state index is 11.3. The van der Waals surface area contributed by atoms with Gasteiger partial charge in [-0.1, -0.05) is 30.3 Å². The Bertz CT molecular complexity index is 463. The third-order valence-corrected chi connectivity index (χ3v) is 2.05. The SMILES string of the molecule is NCC(=O)ONC(=O)CNC(=O)OCc1ccccc1. The molecule has 0 aliphatic rings. The topological polar surface area (TPSA) is 120 Å². The van der Waals surface area contributed by atoms with Gasteiger partial charge in [0.15, 0.2) is 0 Å². The number of hydroxylamine groups is 1. The van der Waals surface area contributed by atoms with Crippen LogP contribution in [0, 0.1) is 0 Å². The zero-order valence-electron chi connectivity index (χ0n) is 10.6. The summed E-state index contributed by atoms with van der Waals surface area (Å²) in [6, 6.07) is 9.07. The summed E-state index contributed by atoms with van der Waals surface area (Å²) >= 11 is 0. The predicted octanol–water partition coefficient (Wildman–Crippen LogP) is -0.554. The van der Waals surface area contributed by atoms with Gasteiger partial charge in [-0.15, -0.1) is 0 Å². The van der Waals surface area contributed by atoms with Crippen LogP contribution in [-0.4, -0.2) is 31.1 Å². The number of benzene rings is 1. The molecule has 8 nitrogen and oxygen atoms in total. The fraction of sp³-hybridized carbons (Fsp3) is 0.250. The van der Waals surface area contributed by atoms with Crippen molar-refractivity contribution in [3.8, 4) is 0 Å². The van der Waals surface area contributed by atoms with E-state index in [1.165, 1.54) is 0 Å². The molecule has 0 radical (unpaired) electrons. The number of rotatable bonds is 5. The minimum absolute atomic E-state index is 0.0937. The van der Waals surface area contributed by atoms with Crippen LogP contribution in [0.1, 0.15) is 5.56 Å². The number of nitrogens with one attached hydrogen (secondary N) is 2. The Hall–Kier alpha value is -2.61. The van der Waals surface area contributed by atoms with Crippen LogP contribution in [0.2, 0.25) is 0 Å². The van der Waals surface area contributed by atoms with Gasteiger partial charge in [-0.3, -0.25) is 4.79 Å². The first-order chi connectivity index (χ1) is 9.61. The average Bonchev–Trinajstić information content (AvgIpc) is 2.49. The molecule has 0 aromatic heterocycles. The van der Waals surface area contributed by atoms with Crippen molar-refractivity contribution in [2.45, 2.75) is 6.61 Å². The van der Waals surface area contributed by atoms with E-state index in [-0.39, 0.29) is 19.7 Å². The molecule has 2 amide bonds. The molecule has 0 fully saturated rings. The molecule has 1 aromatic carbocycles. The highest BCUT2D eigenvalue weighted by atomic mass is 16.7. The van der Waals surface area contributed by atoms with Gasteiger partial charge in [-0.25, -0.2) is 9.59 Å². The van der Waals surface area contributed by atoms with Gasteiger partial charge in [0, 0.05) is 0 Å². The number of hydrogen-bond acceptors (Lipinski definition) is 6. The molecule has 1 rings (SSSR count). The molecule has 8 heteroatoms. The minimum atomic E-state index is -0.787. The third kappa shape index (κ3) is 6.36. The van der Waals surface area contributed by atoms with Gasteiger partial charge >= 0.3 is 12.1 Å². The molecular formula is C12H15N3O5. The van der Waals surface area contributed by atoms with E-state index in [9.17, 15) is 14.4 Å². The maximum Gasteiger partial charge on any atom is 0.407 e. The zero-order valence-corrected chi connectivity index (χ0v) is 10.6. The average molecular weight is 281 g/mol. The Morgan fingerprint density at radius 1 is 1.15 bits per heavy atom. The molecule has 0 spiro atoms. The lowest BCUT2D eigenvalue weighted by Crippen LogP contribution is -2.39. The molecule has 0 aliphatic heterocycles. The summed E-state index contributed by atoms with van der Waals surface area (Å²) in [4.78, 5) is 37.3. The van der Waals surface area contributed by atoms with E-state index in [1.54, 1.807) is 12.1 Å². The molecule has 0 saturated heterocycles. The molecule has 1 aromatic rings. The molecule has 4 N–H and O–H groups in total. The number of nitrogens with two attached hydrogens (primary N) is 1. The van der Waals surface area contributed by atoms with E-state index in [0.29, 0.717) is 0 Å². The van der Waals surface area contributed by atoms with Crippen molar-refractivity contribution >= 4 is 18.0 Å². The number of hydrogen-bond donors (Lipinski definition) is 3. The summed E-state index contributed by atoms with van der Waals surface area (Å²) in [5.74, 6) is -1.49. The molecule has 0 heterocycles. The lowest BCUT2D eigenvalue weighted by Gasteiger charge is -2.07. The number of alkyl carbamates (subject to hydrolysis) is 1. The van der Waals surface area contributed by atoms with Gasteiger partial charge in [0.25, 0.3) is 5.91 Å². The van der Waals surface area contributed by atoms with E-state index in [1.807, 2.05) is 23.7 Å². The van der Waals surface area contributed by atoms with Crippen molar-refractivity contribution in [1.29, 1.82) is 0 Å².